The van der Waals surface area contributed by atoms with Crippen LogP contribution in [0.5, 0.6) is 0 Å². The van der Waals surface area contributed by atoms with E-state index in [-0.39, 0.29) is 0 Å². The lowest BCUT2D eigenvalue weighted by atomic mass is 10.1. The fourth-order valence-electron chi connectivity index (χ4n) is 0.663. The van der Waals surface area contributed by atoms with E-state index in [0.717, 1.165) is 0 Å². The van der Waals surface area contributed by atoms with Gasteiger partial charge in [0.05, 0.1) is 0 Å². The molecule has 0 N–H and O–H groups in total. The molecular formula is C10H13Cl3. The lowest BCUT2D eigenvalue weighted by molar-refractivity contribution is 1.27. The monoisotopic (exact) mass is 238 g/mol. The maximum absolute atomic E-state index is 5.06. The van der Waals surface area contributed by atoms with Gasteiger partial charge in [0, 0.05) is 0 Å². The molecule has 74 valence electrons. The highest BCUT2D eigenvalue weighted by Crippen LogP contribution is 2.23. The molecule has 0 radical (unpaired) electrons. The Labute approximate surface area is 94.8 Å². The van der Waals surface area contributed by atoms with Gasteiger partial charge < -0.3 is 0 Å². The summed E-state index contributed by atoms with van der Waals surface area (Å²) < 4.78 is -1.08. The molecule has 0 fully saturated rings. The molecule has 0 saturated carbocycles. The van der Waals surface area contributed by atoms with Gasteiger partial charge in [-0.15, -0.1) is 0 Å². The molecule has 0 aliphatic rings. The first-order valence-corrected chi connectivity index (χ1v) is 5.03. The number of hydrogen-bond donors (Lipinski definition) is 0. The van der Waals surface area contributed by atoms with Crippen LogP contribution >= 0.6 is 34.8 Å². The van der Waals surface area contributed by atoms with Gasteiger partial charge in [0.25, 0.3) is 0 Å². The lowest BCUT2D eigenvalue weighted by Crippen LogP contribution is -1.87. The van der Waals surface area contributed by atoms with E-state index in [2.05, 4.69) is 38.1 Å². The second kappa shape index (κ2) is 5.74. The third-order valence-electron chi connectivity index (χ3n) is 1.43. The minimum absolute atomic E-state index is 1.08. The zero-order valence-corrected chi connectivity index (χ0v) is 10.2. The quantitative estimate of drug-likeness (QED) is 0.577. The van der Waals surface area contributed by atoms with Crippen LogP contribution in [0.1, 0.15) is 18.1 Å². The summed E-state index contributed by atoms with van der Waals surface area (Å²) in [5, 5.41) is 0. The van der Waals surface area contributed by atoms with E-state index in [1.165, 1.54) is 18.1 Å². The second-order valence-corrected chi connectivity index (χ2v) is 5.71. The predicted octanol–water partition coefficient (Wildman–Crippen LogP) is 4.68. The molecule has 0 saturated heterocycles. The Kier molecular flexibility index (Phi) is 5.78. The van der Waals surface area contributed by atoms with Gasteiger partial charge >= 0.3 is 0 Å². The second-order valence-electron chi connectivity index (χ2n) is 2.87. The molecule has 1 rings (SSSR count). The van der Waals surface area contributed by atoms with Crippen LogP contribution in [0.15, 0.2) is 24.3 Å². The maximum atomic E-state index is 5.06. The zero-order valence-electron chi connectivity index (χ0n) is 7.94. The van der Waals surface area contributed by atoms with Crippen LogP contribution in [0.3, 0.4) is 0 Å². The molecule has 1 aromatic rings. The molecule has 0 spiro atoms. The van der Waals surface area contributed by atoms with Crippen molar-refractivity contribution >= 4 is 34.8 Å². The average Bonchev–Trinajstić information content (AvgIpc) is 1.92. The Bertz CT molecular complexity index is 224. The molecule has 0 amide bonds. The van der Waals surface area contributed by atoms with E-state index in [4.69, 9.17) is 34.8 Å². The van der Waals surface area contributed by atoms with Gasteiger partial charge in [-0.3, -0.25) is 0 Å². The Balaban J connectivity index is 0.000000252. The van der Waals surface area contributed by atoms with Gasteiger partial charge in [-0.1, -0.05) is 59.1 Å². The molecule has 13 heavy (non-hydrogen) atoms. The van der Waals surface area contributed by atoms with Crippen molar-refractivity contribution in [1.29, 1.82) is 0 Å². The predicted molar refractivity (Wildman–Crippen MR) is 61.9 cm³/mol. The van der Waals surface area contributed by atoms with E-state index >= 15 is 0 Å². The molecule has 0 aromatic heterocycles. The van der Waals surface area contributed by atoms with Gasteiger partial charge in [-0.2, -0.15) is 0 Å². The van der Waals surface area contributed by atoms with Crippen LogP contribution in [0, 0.1) is 13.8 Å². The molecule has 3 heteroatoms. The van der Waals surface area contributed by atoms with Crippen LogP contribution in [0.4, 0.5) is 0 Å². The number of aryl methyl sites for hydroxylation is 2. The molecule has 0 aliphatic heterocycles. The van der Waals surface area contributed by atoms with E-state index < -0.39 is 3.79 Å². The standard InChI is InChI=1S/C8H10.C2H3Cl3/c1-7-5-3-4-6-8(7)2;1-2(3,4)5/h3-6H,1-2H3;1H3. The summed E-state index contributed by atoms with van der Waals surface area (Å²) in [5.41, 5.74) is 2.74. The van der Waals surface area contributed by atoms with Crippen LogP contribution in [-0.2, 0) is 0 Å². The Morgan fingerprint density at radius 3 is 1.31 bits per heavy atom. The number of rotatable bonds is 0. The highest BCUT2D eigenvalue weighted by Gasteiger charge is 2.07. The fourth-order valence-corrected chi connectivity index (χ4v) is 0.663. The Morgan fingerprint density at radius 1 is 0.923 bits per heavy atom. The van der Waals surface area contributed by atoms with Crippen molar-refractivity contribution in [2.75, 3.05) is 0 Å². The molecule has 0 aliphatic carbocycles. The maximum Gasteiger partial charge on any atom is 0.187 e. The SMILES string of the molecule is CC(Cl)(Cl)Cl.Cc1ccccc1C. The van der Waals surface area contributed by atoms with Crippen LogP contribution in [0.25, 0.3) is 0 Å². The molecule has 0 heterocycles. The topological polar surface area (TPSA) is 0 Å². The van der Waals surface area contributed by atoms with E-state index in [9.17, 15) is 0 Å². The number of benzene rings is 1. The first kappa shape index (κ1) is 13.1. The molecule has 0 unspecified atom stereocenters. The van der Waals surface area contributed by atoms with Gasteiger partial charge in [0.15, 0.2) is 3.79 Å². The molecule has 0 nitrogen and oxygen atoms in total. The van der Waals surface area contributed by atoms with Gasteiger partial charge in [0.1, 0.15) is 0 Å². The van der Waals surface area contributed by atoms with Crippen molar-refractivity contribution in [2.24, 2.45) is 0 Å². The summed E-state index contributed by atoms with van der Waals surface area (Å²) in [7, 11) is 0. The molecule has 0 atom stereocenters. The third kappa shape index (κ3) is 10.0. The molecule has 0 bridgehead atoms. The summed E-state index contributed by atoms with van der Waals surface area (Å²) in [5.74, 6) is 0. The number of alkyl halides is 3. The molecular weight excluding hydrogens is 226 g/mol. The highest BCUT2D eigenvalue weighted by atomic mass is 35.6. The van der Waals surface area contributed by atoms with Crippen molar-refractivity contribution in [3.05, 3.63) is 35.4 Å². The number of hydrogen-bond acceptors (Lipinski definition) is 0. The summed E-state index contributed by atoms with van der Waals surface area (Å²) in [6.45, 7) is 5.72. The zero-order chi connectivity index (χ0) is 10.5. The smallest absolute Gasteiger partial charge is 0.0840 e. The number of halogens is 3. The van der Waals surface area contributed by atoms with Gasteiger partial charge in [-0.25, -0.2) is 0 Å². The van der Waals surface area contributed by atoms with Crippen LogP contribution in [-0.4, -0.2) is 3.79 Å². The van der Waals surface area contributed by atoms with Gasteiger partial charge in [-0.05, 0) is 31.9 Å². The summed E-state index contributed by atoms with van der Waals surface area (Å²) in [6, 6.07) is 8.36. The van der Waals surface area contributed by atoms with Crippen molar-refractivity contribution in [2.45, 2.75) is 24.6 Å². The fraction of sp³-hybridized carbons (Fsp3) is 0.400. The van der Waals surface area contributed by atoms with Gasteiger partial charge in [0.2, 0.25) is 0 Å². The van der Waals surface area contributed by atoms with Crippen molar-refractivity contribution in [1.82, 2.24) is 0 Å². The van der Waals surface area contributed by atoms with Crippen molar-refractivity contribution in [3.63, 3.8) is 0 Å². The minimum Gasteiger partial charge on any atom is -0.0840 e. The van der Waals surface area contributed by atoms with Crippen LogP contribution < -0.4 is 0 Å². The summed E-state index contributed by atoms with van der Waals surface area (Å²) in [4.78, 5) is 0. The summed E-state index contributed by atoms with van der Waals surface area (Å²) in [6.07, 6.45) is 0. The Morgan fingerprint density at radius 2 is 1.15 bits per heavy atom. The lowest BCUT2D eigenvalue weighted by Gasteiger charge is -1.94. The molecule has 1 aromatic carbocycles. The van der Waals surface area contributed by atoms with Crippen LogP contribution in [0.2, 0.25) is 0 Å². The first-order valence-electron chi connectivity index (χ1n) is 3.89. The minimum atomic E-state index is -1.08. The largest absolute Gasteiger partial charge is 0.187 e. The normalized spacial score (nSPS) is 10.3. The van der Waals surface area contributed by atoms with E-state index in [1.54, 1.807) is 0 Å². The van der Waals surface area contributed by atoms with Crippen molar-refractivity contribution < 1.29 is 0 Å². The van der Waals surface area contributed by atoms with E-state index in [0.29, 0.717) is 0 Å². The van der Waals surface area contributed by atoms with Crippen molar-refractivity contribution in [3.8, 4) is 0 Å². The highest BCUT2D eigenvalue weighted by molar-refractivity contribution is 6.67. The third-order valence-corrected chi connectivity index (χ3v) is 1.43. The summed E-state index contributed by atoms with van der Waals surface area (Å²) >= 11 is 15.2. The Hall–Kier alpha value is 0.0900. The van der Waals surface area contributed by atoms with E-state index in [1.807, 2.05) is 0 Å². The first-order chi connectivity index (χ1) is 5.80. The average molecular weight is 240 g/mol.